The van der Waals surface area contributed by atoms with E-state index in [1.54, 1.807) is 9.80 Å². The fraction of sp³-hybridized carbons (Fsp3) is 0.556. The van der Waals surface area contributed by atoms with E-state index in [1.165, 1.54) is 0 Å². The van der Waals surface area contributed by atoms with Crippen molar-refractivity contribution >= 4 is 27.9 Å². The van der Waals surface area contributed by atoms with E-state index in [0.29, 0.717) is 25.2 Å². The Morgan fingerprint density at radius 1 is 1.25 bits per heavy atom. The molecule has 24 heavy (non-hydrogen) atoms. The minimum absolute atomic E-state index is 0.0161. The van der Waals surface area contributed by atoms with Crippen LogP contribution in [-0.2, 0) is 4.74 Å². The molecular formula is C18H25BrN2O3. The van der Waals surface area contributed by atoms with Gasteiger partial charge < -0.3 is 14.5 Å². The Morgan fingerprint density at radius 3 is 2.46 bits per heavy atom. The number of nitrogens with zero attached hydrogens (tertiary/aromatic N) is 2. The van der Waals surface area contributed by atoms with Gasteiger partial charge in [0.25, 0.3) is 5.91 Å². The molecule has 5 nitrogen and oxygen atoms in total. The molecule has 0 spiro atoms. The fourth-order valence-electron chi connectivity index (χ4n) is 2.70. The third-order valence-electron chi connectivity index (χ3n) is 3.90. The zero-order valence-electron chi connectivity index (χ0n) is 14.9. The predicted octanol–water partition coefficient (Wildman–Crippen LogP) is 3.84. The summed E-state index contributed by atoms with van der Waals surface area (Å²) in [6.07, 6.45) is -0.321. The summed E-state index contributed by atoms with van der Waals surface area (Å²) in [6.45, 7) is 11.0. The van der Waals surface area contributed by atoms with Crippen LogP contribution in [0.5, 0.6) is 0 Å². The molecule has 0 aromatic heterocycles. The highest BCUT2D eigenvalue weighted by Gasteiger charge is 2.33. The van der Waals surface area contributed by atoms with Crippen molar-refractivity contribution in [1.82, 2.24) is 9.80 Å². The normalized spacial score (nSPS) is 18.5. The summed E-state index contributed by atoms with van der Waals surface area (Å²) >= 11 is 3.47. The van der Waals surface area contributed by atoms with E-state index in [-0.39, 0.29) is 18.0 Å². The Morgan fingerprint density at radius 2 is 1.92 bits per heavy atom. The third kappa shape index (κ3) is 4.50. The number of carbonyl (C=O) groups is 2. The first-order chi connectivity index (χ1) is 11.1. The summed E-state index contributed by atoms with van der Waals surface area (Å²) in [5.41, 5.74) is 1.23. The van der Waals surface area contributed by atoms with Crippen LogP contribution < -0.4 is 0 Å². The summed E-state index contributed by atoms with van der Waals surface area (Å²) in [7, 11) is 0. The van der Waals surface area contributed by atoms with Gasteiger partial charge in [-0.05, 0) is 68.2 Å². The molecule has 1 fully saturated rings. The number of amides is 2. The maximum Gasteiger partial charge on any atom is 0.410 e. The number of carbonyl (C=O) groups excluding carboxylic acids is 2. The van der Waals surface area contributed by atoms with E-state index in [0.717, 1.165) is 10.0 Å². The smallest absolute Gasteiger partial charge is 0.410 e. The molecule has 1 aromatic rings. The Hall–Kier alpha value is -1.56. The first-order valence-corrected chi connectivity index (χ1v) is 8.93. The van der Waals surface area contributed by atoms with E-state index in [9.17, 15) is 9.59 Å². The average molecular weight is 397 g/mol. The molecular weight excluding hydrogens is 372 g/mol. The fourth-order valence-corrected chi connectivity index (χ4v) is 3.36. The zero-order valence-corrected chi connectivity index (χ0v) is 16.5. The molecule has 6 heteroatoms. The van der Waals surface area contributed by atoms with Crippen molar-refractivity contribution in [2.75, 3.05) is 19.6 Å². The highest BCUT2D eigenvalue weighted by molar-refractivity contribution is 9.10. The number of benzene rings is 1. The van der Waals surface area contributed by atoms with Gasteiger partial charge in [-0.2, -0.15) is 0 Å². The topological polar surface area (TPSA) is 49.9 Å². The molecule has 2 amide bonds. The van der Waals surface area contributed by atoms with Crippen LogP contribution in [0.4, 0.5) is 4.79 Å². The minimum atomic E-state index is -0.517. The van der Waals surface area contributed by atoms with Crippen molar-refractivity contribution < 1.29 is 14.3 Å². The number of aryl methyl sites for hydroxylation is 1. The molecule has 0 radical (unpaired) electrons. The number of rotatable bonds is 1. The minimum Gasteiger partial charge on any atom is -0.444 e. The number of halogens is 1. The van der Waals surface area contributed by atoms with Gasteiger partial charge in [0, 0.05) is 30.1 Å². The summed E-state index contributed by atoms with van der Waals surface area (Å²) in [6, 6.07) is 5.63. The maximum absolute atomic E-state index is 12.7. The standard InChI is InChI=1S/C18H25BrN2O3/c1-12-6-7-14(15(19)10-12)16(22)20-8-9-21(13(2)11-20)17(23)24-18(3,4)5/h6-7,10,13H,8-9,11H2,1-5H3/t13-/m1/s1. The van der Waals surface area contributed by atoms with E-state index >= 15 is 0 Å². The van der Waals surface area contributed by atoms with Crippen molar-refractivity contribution in [2.45, 2.75) is 46.3 Å². The molecule has 1 aliphatic rings. The molecule has 0 N–H and O–H groups in total. The lowest BCUT2D eigenvalue weighted by Crippen LogP contribution is -2.56. The summed E-state index contributed by atoms with van der Waals surface area (Å²) < 4.78 is 6.24. The lowest BCUT2D eigenvalue weighted by atomic mass is 10.1. The SMILES string of the molecule is Cc1ccc(C(=O)N2CCN(C(=O)OC(C)(C)C)[C@H](C)C2)c(Br)c1. The first kappa shape index (κ1) is 18.8. The molecule has 132 valence electrons. The molecule has 0 unspecified atom stereocenters. The predicted molar refractivity (Wildman–Crippen MR) is 97.2 cm³/mol. The van der Waals surface area contributed by atoms with Gasteiger partial charge in [0.05, 0.1) is 5.56 Å². The molecule has 0 saturated carbocycles. The number of hydrogen-bond donors (Lipinski definition) is 0. The number of hydrogen-bond acceptors (Lipinski definition) is 3. The molecule has 1 saturated heterocycles. The molecule has 1 aromatic carbocycles. The van der Waals surface area contributed by atoms with Gasteiger partial charge in [-0.15, -0.1) is 0 Å². The van der Waals surface area contributed by atoms with E-state index in [1.807, 2.05) is 52.8 Å². The molecule has 0 aliphatic carbocycles. The summed E-state index contributed by atoms with van der Waals surface area (Å²) in [5, 5.41) is 0. The van der Waals surface area contributed by atoms with Crippen LogP contribution in [0.15, 0.2) is 22.7 Å². The second-order valence-electron chi connectivity index (χ2n) is 7.26. The van der Waals surface area contributed by atoms with Gasteiger partial charge in [-0.1, -0.05) is 6.07 Å². The Balaban J connectivity index is 2.05. The monoisotopic (exact) mass is 396 g/mol. The van der Waals surface area contributed by atoms with Gasteiger partial charge in [0.15, 0.2) is 0 Å². The lowest BCUT2D eigenvalue weighted by molar-refractivity contribution is 0.00197. The zero-order chi connectivity index (χ0) is 18.1. The molecule has 1 heterocycles. The highest BCUT2D eigenvalue weighted by atomic mass is 79.9. The Labute approximate surface area is 152 Å². The van der Waals surface area contributed by atoms with Crippen LogP contribution in [0.25, 0.3) is 0 Å². The van der Waals surface area contributed by atoms with Gasteiger partial charge in [-0.25, -0.2) is 4.79 Å². The van der Waals surface area contributed by atoms with Crippen LogP contribution in [-0.4, -0.2) is 53.1 Å². The van der Waals surface area contributed by atoms with Crippen molar-refractivity contribution in [3.63, 3.8) is 0 Å². The highest BCUT2D eigenvalue weighted by Crippen LogP contribution is 2.22. The number of ether oxygens (including phenoxy) is 1. The van der Waals surface area contributed by atoms with Crippen molar-refractivity contribution in [1.29, 1.82) is 0 Å². The van der Waals surface area contributed by atoms with E-state index in [2.05, 4.69) is 15.9 Å². The largest absolute Gasteiger partial charge is 0.444 e. The first-order valence-electron chi connectivity index (χ1n) is 8.13. The summed E-state index contributed by atoms with van der Waals surface area (Å²) in [4.78, 5) is 28.5. The number of piperazine rings is 1. The summed E-state index contributed by atoms with van der Waals surface area (Å²) in [5.74, 6) is -0.0161. The van der Waals surface area contributed by atoms with Crippen molar-refractivity contribution in [2.24, 2.45) is 0 Å². The molecule has 1 atom stereocenters. The Kier molecular flexibility index (Phi) is 5.58. The second kappa shape index (κ2) is 7.13. The second-order valence-corrected chi connectivity index (χ2v) is 8.11. The van der Waals surface area contributed by atoms with Crippen LogP contribution in [0.3, 0.4) is 0 Å². The third-order valence-corrected chi connectivity index (χ3v) is 4.55. The van der Waals surface area contributed by atoms with Gasteiger partial charge >= 0.3 is 6.09 Å². The van der Waals surface area contributed by atoms with E-state index < -0.39 is 5.60 Å². The van der Waals surface area contributed by atoms with Gasteiger partial charge in [0.1, 0.15) is 5.60 Å². The average Bonchev–Trinajstić information content (AvgIpc) is 2.44. The molecule has 1 aliphatic heterocycles. The van der Waals surface area contributed by atoms with E-state index in [4.69, 9.17) is 4.74 Å². The quantitative estimate of drug-likeness (QED) is 0.724. The van der Waals surface area contributed by atoms with Crippen LogP contribution in [0, 0.1) is 6.92 Å². The van der Waals surface area contributed by atoms with Crippen LogP contribution >= 0.6 is 15.9 Å². The van der Waals surface area contributed by atoms with Gasteiger partial charge in [0.2, 0.25) is 0 Å². The van der Waals surface area contributed by atoms with Crippen LogP contribution in [0.2, 0.25) is 0 Å². The molecule has 2 rings (SSSR count). The van der Waals surface area contributed by atoms with Crippen molar-refractivity contribution in [3.05, 3.63) is 33.8 Å². The maximum atomic E-state index is 12.7. The van der Waals surface area contributed by atoms with Crippen LogP contribution in [0.1, 0.15) is 43.6 Å². The van der Waals surface area contributed by atoms with Gasteiger partial charge in [-0.3, -0.25) is 4.79 Å². The molecule has 0 bridgehead atoms. The lowest BCUT2D eigenvalue weighted by Gasteiger charge is -2.40. The van der Waals surface area contributed by atoms with Crippen molar-refractivity contribution in [3.8, 4) is 0 Å². The Bertz CT molecular complexity index is 640.